The number of anilines is 1. The lowest BCUT2D eigenvalue weighted by Gasteiger charge is -2.36. The van der Waals surface area contributed by atoms with Crippen LogP contribution in [0.3, 0.4) is 0 Å². The zero-order valence-electron chi connectivity index (χ0n) is 10.5. The van der Waals surface area contributed by atoms with E-state index < -0.39 is 0 Å². The van der Waals surface area contributed by atoms with Gasteiger partial charge in [-0.15, -0.1) is 0 Å². The van der Waals surface area contributed by atoms with Crippen LogP contribution in [0.1, 0.15) is 58.1 Å². The third-order valence-electron chi connectivity index (χ3n) is 3.90. The molecule has 1 heterocycles. The van der Waals surface area contributed by atoms with Gasteiger partial charge in [-0.3, -0.25) is 0 Å². The summed E-state index contributed by atoms with van der Waals surface area (Å²) in [7, 11) is 0. The largest absolute Gasteiger partial charge is 0.381 e. The lowest BCUT2D eigenvalue weighted by Crippen LogP contribution is -2.25. The van der Waals surface area contributed by atoms with Crippen molar-refractivity contribution >= 4 is 5.82 Å². The predicted molar refractivity (Wildman–Crippen MR) is 65.1 cm³/mol. The molecule has 1 aliphatic rings. The number of hydrogen-bond acceptors (Lipinski definition) is 3. The minimum atomic E-state index is 0.436. The maximum atomic E-state index is 5.58. The van der Waals surface area contributed by atoms with E-state index in [4.69, 9.17) is 10.3 Å². The van der Waals surface area contributed by atoms with Gasteiger partial charge in [0.25, 0.3) is 0 Å². The fraction of sp³-hybridized carbons (Fsp3) is 0.769. The van der Waals surface area contributed by atoms with E-state index in [1.54, 1.807) is 0 Å². The number of hydrogen-bond donors (Lipinski definition) is 1. The summed E-state index contributed by atoms with van der Waals surface area (Å²) in [5.74, 6) is 2.85. The minimum absolute atomic E-state index is 0.436. The van der Waals surface area contributed by atoms with Gasteiger partial charge in [-0.25, -0.2) is 0 Å². The summed E-state index contributed by atoms with van der Waals surface area (Å²) in [4.78, 5) is 0. The van der Waals surface area contributed by atoms with Crippen LogP contribution < -0.4 is 5.73 Å². The summed E-state index contributed by atoms with van der Waals surface area (Å²) in [6.07, 6.45) is 4.98. The second kappa shape index (κ2) is 4.11. The molecule has 0 aromatic carbocycles. The highest BCUT2D eigenvalue weighted by Gasteiger charge is 2.31. The standard InChI is InChI=1S/C13H22N2O/c1-13(2,3)10-6-4-9(5-7-10)11-8-12(14)15-16-11/h8-10H,4-7H2,1-3H3,(H2,14,15). The Balaban J connectivity index is 1.95. The van der Waals surface area contributed by atoms with Crippen LogP contribution in [0.25, 0.3) is 0 Å². The van der Waals surface area contributed by atoms with E-state index in [2.05, 4.69) is 25.9 Å². The number of aromatic nitrogens is 1. The van der Waals surface area contributed by atoms with Crippen LogP contribution in [-0.4, -0.2) is 5.16 Å². The van der Waals surface area contributed by atoms with Crippen LogP contribution in [0.5, 0.6) is 0 Å². The third-order valence-corrected chi connectivity index (χ3v) is 3.90. The lowest BCUT2D eigenvalue weighted by atomic mass is 9.69. The molecular weight excluding hydrogens is 200 g/mol. The molecule has 0 unspecified atom stereocenters. The highest BCUT2D eigenvalue weighted by atomic mass is 16.5. The van der Waals surface area contributed by atoms with Crippen LogP contribution in [0.4, 0.5) is 5.82 Å². The SMILES string of the molecule is CC(C)(C)C1CCC(c2cc(N)no2)CC1. The summed E-state index contributed by atoms with van der Waals surface area (Å²) in [5.41, 5.74) is 6.01. The zero-order valence-corrected chi connectivity index (χ0v) is 10.5. The van der Waals surface area contributed by atoms with Gasteiger partial charge in [0.15, 0.2) is 5.82 Å². The Morgan fingerprint density at radius 2 is 1.88 bits per heavy atom. The number of rotatable bonds is 1. The van der Waals surface area contributed by atoms with Crippen molar-refractivity contribution in [1.29, 1.82) is 0 Å². The molecule has 0 aliphatic heterocycles. The van der Waals surface area contributed by atoms with Crippen molar-refractivity contribution in [1.82, 2.24) is 5.16 Å². The van der Waals surface area contributed by atoms with Crippen molar-refractivity contribution in [3.05, 3.63) is 11.8 Å². The monoisotopic (exact) mass is 222 g/mol. The Labute approximate surface area is 97.4 Å². The quantitative estimate of drug-likeness (QED) is 0.790. The molecule has 0 radical (unpaired) electrons. The molecule has 0 spiro atoms. The summed E-state index contributed by atoms with van der Waals surface area (Å²) >= 11 is 0. The molecule has 2 N–H and O–H groups in total. The number of nitrogens with two attached hydrogens (primary N) is 1. The third kappa shape index (κ3) is 2.39. The van der Waals surface area contributed by atoms with Crippen LogP contribution in [0.15, 0.2) is 10.6 Å². The van der Waals surface area contributed by atoms with Gasteiger partial charge in [0.1, 0.15) is 5.76 Å². The molecule has 1 aromatic rings. The molecule has 0 saturated heterocycles. The van der Waals surface area contributed by atoms with E-state index in [9.17, 15) is 0 Å². The summed E-state index contributed by atoms with van der Waals surface area (Å²) < 4.78 is 5.25. The lowest BCUT2D eigenvalue weighted by molar-refractivity contribution is 0.160. The van der Waals surface area contributed by atoms with Gasteiger partial charge in [0.2, 0.25) is 0 Å². The maximum absolute atomic E-state index is 5.58. The van der Waals surface area contributed by atoms with Crippen LogP contribution >= 0.6 is 0 Å². The molecule has 0 atom stereocenters. The fourth-order valence-corrected chi connectivity index (χ4v) is 2.74. The van der Waals surface area contributed by atoms with Gasteiger partial charge in [-0.2, -0.15) is 0 Å². The Bertz CT molecular complexity index is 343. The minimum Gasteiger partial charge on any atom is -0.381 e. The van der Waals surface area contributed by atoms with Crippen LogP contribution in [0.2, 0.25) is 0 Å². The molecule has 1 fully saturated rings. The van der Waals surface area contributed by atoms with Gasteiger partial charge < -0.3 is 10.3 Å². The van der Waals surface area contributed by atoms with E-state index in [0.29, 0.717) is 17.2 Å². The van der Waals surface area contributed by atoms with Gasteiger partial charge >= 0.3 is 0 Å². The molecule has 3 heteroatoms. The fourth-order valence-electron chi connectivity index (χ4n) is 2.74. The Morgan fingerprint density at radius 3 is 2.31 bits per heavy atom. The average Bonchev–Trinajstić information content (AvgIpc) is 2.64. The highest BCUT2D eigenvalue weighted by molar-refractivity contribution is 5.28. The van der Waals surface area contributed by atoms with E-state index in [0.717, 1.165) is 11.7 Å². The molecular formula is C13H22N2O. The molecule has 1 aliphatic carbocycles. The van der Waals surface area contributed by atoms with E-state index in [1.165, 1.54) is 25.7 Å². The Kier molecular flexibility index (Phi) is 2.96. The highest BCUT2D eigenvalue weighted by Crippen LogP contribution is 2.43. The Morgan fingerprint density at radius 1 is 1.25 bits per heavy atom. The maximum Gasteiger partial charge on any atom is 0.167 e. The first-order valence-electron chi connectivity index (χ1n) is 6.19. The normalized spacial score (nSPS) is 26.9. The predicted octanol–water partition coefficient (Wildman–Crippen LogP) is 3.58. The topological polar surface area (TPSA) is 52.0 Å². The van der Waals surface area contributed by atoms with Gasteiger partial charge in [-0.1, -0.05) is 25.9 Å². The second-order valence-electron chi connectivity index (χ2n) is 6.07. The molecule has 3 nitrogen and oxygen atoms in total. The number of nitrogens with zero attached hydrogens (tertiary/aromatic N) is 1. The number of nitrogen functional groups attached to an aromatic ring is 1. The van der Waals surface area contributed by atoms with E-state index in [1.807, 2.05) is 6.07 Å². The zero-order chi connectivity index (χ0) is 11.8. The first-order valence-corrected chi connectivity index (χ1v) is 6.19. The van der Waals surface area contributed by atoms with Crippen molar-refractivity contribution in [2.24, 2.45) is 11.3 Å². The summed E-state index contributed by atoms with van der Waals surface area (Å²) in [6.45, 7) is 7.01. The van der Waals surface area contributed by atoms with Gasteiger partial charge in [0, 0.05) is 12.0 Å². The van der Waals surface area contributed by atoms with E-state index in [-0.39, 0.29) is 0 Å². The Hall–Kier alpha value is -0.990. The van der Waals surface area contributed by atoms with Crippen molar-refractivity contribution in [3.63, 3.8) is 0 Å². The molecule has 0 amide bonds. The van der Waals surface area contributed by atoms with Gasteiger partial charge in [-0.05, 0) is 37.0 Å². The average molecular weight is 222 g/mol. The summed E-state index contributed by atoms with van der Waals surface area (Å²) in [5, 5.41) is 3.76. The molecule has 1 aromatic heterocycles. The van der Waals surface area contributed by atoms with Crippen molar-refractivity contribution < 1.29 is 4.52 Å². The molecule has 0 bridgehead atoms. The second-order valence-corrected chi connectivity index (χ2v) is 6.07. The van der Waals surface area contributed by atoms with Gasteiger partial charge in [0.05, 0.1) is 0 Å². The van der Waals surface area contributed by atoms with Crippen LogP contribution in [-0.2, 0) is 0 Å². The first kappa shape index (κ1) is 11.5. The molecule has 90 valence electrons. The summed E-state index contributed by atoms with van der Waals surface area (Å²) in [6, 6.07) is 1.88. The van der Waals surface area contributed by atoms with Crippen molar-refractivity contribution in [2.45, 2.75) is 52.4 Å². The van der Waals surface area contributed by atoms with Crippen molar-refractivity contribution in [3.8, 4) is 0 Å². The molecule has 1 saturated carbocycles. The van der Waals surface area contributed by atoms with Crippen LogP contribution in [0, 0.1) is 11.3 Å². The molecule has 2 rings (SSSR count). The first-order chi connectivity index (χ1) is 7.47. The smallest absolute Gasteiger partial charge is 0.167 e. The molecule has 16 heavy (non-hydrogen) atoms. The van der Waals surface area contributed by atoms with E-state index >= 15 is 0 Å². The van der Waals surface area contributed by atoms with Crippen molar-refractivity contribution in [2.75, 3.05) is 5.73 Å².